The van der Waals surface area contributed by atoms with Crippen LogP contribution >= 0.6 is 0 Å². The predicted molar refractivity (Wildman–Crippen MR) is 91.3 cm³/mol. The normalized spacial score (nSPS) is 17.4. The first-order valence-electron chi connectivity index (χ1n) is 8.73. The van der Waals surface area contributed by atoms with Crippen molar-refractivity contribution >= 4 is 5.91 Å². The third kappa shape index (κ3) is 4.21. The fraction of sp³-hybridized carbons (Fsp3) is 0.556. The van der Waals surface area contributed by atoms with Crippen molar-refractivity contribution in [3.8, 4) is 0 Å². The number of amides is 1. The van der Waals surface area contributed by atoms with Gasteiger partial charge in [0, 0.05) is 13.0 Å². The first-order chi connectivity index (χ1) is 12.0. The molecule has 25 heavy (non-hydrogen) atoms. The molecule has 0 spiro atoms. The zero-order valence-corrected chi connectivity index (χ0v) is 14.7. The van der Waals surface area contributed by atoms with Crippen molar-refractivity contribution in [2.75, 3.05) is 6.54 Å². The molecule has 0 aliphatic heterocycles. The highest BCUT2D eigenvalue weighted by Crippen LogP contribution is 2.36. The second-order valence-corrected chi connectivity index (χ2v) is 7.26. The minimum absolute atomic E-state index is 0.132. The van der Waals surface area contributed by atoms with Gasteiger partial charge >= 0.3 is 0 Å². The van der Waals surface area contributed by atoms with Gasteiger partial charge in [-0.15, -0.1) is 5.10 Å². The standard InChI is InChI=1S/C18H24FN5O/c1-13-21-22-23-24(13)16(11-14-6-5-7-15(19)10-14)17(25)20-12-18(2)8-3-4-9-18/h5-7,10,16H,3-4,8-9,11-12H2,1-2H3,(H,20,25)/t16-/m1/s1. The van der Waals surface area contributed by atoms with Gasteiger partial charge in [0.25, 0.3) is 0 Å². The van der Waals surface area contributed by atoms with E-state index in [0.29, 0.717) is 18.8 Å². The van der Waals surface area contributed by atoms with E-state index < -0.39 is 6.04 Å². The lowest BCUT2D eigenvalue weighted by Crippen LogP contribution is -2.40. The number of halogens is 1. The topological polar surface area (TPSA) is 72.7 Å². The van der Waals surface area contributed by atoms with Crippen molar-refractivity contribution in [2.45, 2.75) is 52.0 Å². The average Bonchev–Trinajstić information content (AvgIpc) is 3.20. The maximum absolute atomic E-state index is 13.5. The van der Waals surface area contributed by atoms with Gasteiger partial charge in [-0.05, 0) is 53.3 Å². The molecule has 1 atom stereocenters. The molecule has 134 valence electrons. The lowest BCUT2D eigenvalue weighted by molar-refractivity contribution is -0.125. The zero-order valence-electron chi connectivity index (χ0n) is 14.7. The second-order valence-electron chi connectivity index (χ2n) is 7.26. The summed E-state index contributed by atoms with van der Waals surface area (Å²) in [5.74, 6) is 0.111. The van der Waals surface area contributed by atoms with Crippen molar-refractivity contribution in [3.05, 3.63) is 41.5 Å². The molecule has 1 heterocycles. The van der Waals surface area contributed by atoms with Gasteiger partial charge in [-0.3, -0.25) is 4.79 Å². The summed E-state index contributed by atoms with van der Waals surface area (Å²) in [5, 5.41) is 14.5. The van der Waals surface area contributed by atoms with Crippen LogP contribution < -0.4 is 5.32 Å². The highest BCUT2D eigenvalue weighted by molar-refractivity contribution is 5.80. The zero-order chi connectivity index (χ0) is 17.9. The molecule has 1 aliphatic rings. The number of carbonyl (C=O) groups is 1. The molecule has 1 aliphatic carbocycles. The van der Waals surface area contributed by atoms with Crippen molar-refractivity contribution in [3.63, 3.8) is 0 Å². The maximum atomic E-state index is 13.5. The summed E-state index contributed by atoms with van der Waals surface area (Å²) in [7, 11) is 0. The molecular formula is C18H24FN5O. The third-order valence-electron chi connectivity index (χ3n) is 5.07. The Morgan fingerprint density at radius 3 is 2.80 bits per heavy atom. The molecule has 2 aromatic rings. The fourth-order valence-corrected chi connectivity index (χ4v) is 3.53. The first-order valence-corrected chi connectivity index (χ1v) is 8.73. The Balaban J connectivity index is 1.76. The van der Waals surface area contributed by atoms with Crippen LogP contribution in [0.15, 0.2) is 24.3 Å². The monoisotopic (exact) mass is 345 g/mol. The summed E-state index contributed by atoms with van der Waals surface area (Å²) in [6.45, 7) is 4.61. The molecule has 7 heteroatoms. The number of hydrogen-bond donors (Lipinski definition) is 1. The number of aromatic nitrogens is 4. The van der Waals surface area contributed by atoms with E-state index in [9.17, 15) is 9.18 Å². The van der Waals surface area contributed by atoms with E-state index in [-0.39, 0.29) is 17.1 Å². The molecule has 1 saturated carbocycles. The molecule has 0 bridgehead atoms. The number of nitrogens with one attached hydrogen (secondary N) is 1. The quantitative estimate of drug-likeness (QED) is 0.873. The number of hydrogen-bond acceptors (Lipinski definition) is 4. The maximum Gasteiger partial charge on any atom is 0.245 e. The van der Waals surface area contributed by atoms with Crippen molar-refractivity contribution in [2.24, 2.45) is 5.41 Å². The van der Waals surface area contributed by atoms with E-state index in [1.165, 1.54) is 29.7 Å². The van der Waals surface area contributed by atoms with Crippen LogP contribution in [-0.2, 0) is 11.2 Å². The Hall–Kier alpha value is -2.31. The summed E-state index contributed by atoms with van der Waals surface area (Å²) >= 11 is 0. The molecule has 1 aromatic heterocycles. The second kappa shape index (κ2) is 7.29. The van der Waals surface area contributed by atoms with Gasteiger partial charge in [0.1, 0.15) is 17.7 Å². The molecule has 0 unspecified atom stereocenters. The smallest absolute Gasteiger partial charge is 0.245 e. The molecule has 1 aromatic carbocycles. The summed E-state index contributed by atoms with van der Waals surface area (Å²) in [6, 6.07) is 5.69. The van der Waals surface area contributed by atoms with Crippen LogP contribution in [0.1, 0.15) is 50.0 Å². The largest absolute Gasteiger partial charge is 0.354 e. The van der Waals surface area contributed by atoms with Crippen LogP contribution in [0, 0.1) is 18.2 Å². The average molecular weight is 345 g/mol. The van der Waals surface area contributed by atoms with Gasteiger partial charge in [0.05, 0.1) is 0 Å². The Labute approximate surface area is 146 Å². The molecule has 3 rings (SSSR count). The van der Waals surface area contributed by atoms with Gasteiger partial charge in [0.15, 0.2) is 0 Å². The van der Waals surface area contributed by atoms with E-state index in [4.69, 9.17) is 0 Å². The highest BCUT2D eigenvalue weighted by atomic mass is 19.1. The van der Waals surface area contributed by atoms with Gasteiger partial charge in [-0.25, -0.2) is 9.07 Å². The van der Waals surface area contributed by atoms with Crippen LogP contribution in [0.5, 0.6) is 0 Å². The molecule has 0 saturated heterocycles. The molecule has 0 radical (unpaired) electrons. The minimum Gasteiger partial charge on any atom is -0.354 e. The van der Waals surface area contributed by atoms with E-state index in [1.807, 2.05) is 0 Å². The van der Waals surface area contributed by atoms with Crippen molar-refractivity contribution in [1.29, 1.82) is 0 Å². The molecule has 1 N–H and O–H groups in total. The van der Waals surface area contributed by atoms with Gasteiger partial charge < -0.3 is 5.32 Å². The van der Waals surface area contributed by atoms with Crippen molar-refractivity contribution in [1.82, 2.24) is 25.5 Å². The fourth-order valence-electron chi connectivity index (χ4n) is 3.53. The van der Waals surface area contributed by atoms with E-state index in [0.717, 1.165) is 18.4 Å². The Morgan fingerprint density at radius 1 is 1.40 bits per heavy atom. The van der Waals surface area contributed by atoms with E-state index in [2.05, 4.69) is 27.8 Å². The third-order valence-corrected chi connectivity index (χ3v) is 5.07. The first kappa shape index (κ1) is 17.5. The number of aryl methyl sites for hydroxylation is 1. The summed E-state index contributed by atoms with van der Waals surface area (Å²) in [4.78, 5) is 12.9. The Morgan fingerprint density at radius 2 is 2.16 bits per heavy atom. The van der Waals surface area contributed by atoms with E-state index in [1.54, 1.807) is 19.1 Å². The van der Waals surface area contributed by atoms with Gasteiger partial charge in [-0.1, -0.05) is 31.9 Å². The predicted octanol–water partition coefficient (Wildman–Crippen LogP) is 2.60. The van der Waals surface area contributed by atoms with Crippen LogP contribution in [-0.4, -0.2) is 32.7 Å². The van der Waals surface area contributed by atoms with Crippen molar-refractivity contribution < 1.29 is 9.18 Å². The number of benzene rings is 1. The SMILES string of the molecule is Cc1nnnn1[C@H](Cc1cccc(F)c1)C(=O)NCC1(C)CCCC1. The van der Waals surface area contributed by atoms with Gasteiger partial charge in [0.2, 0.25) is 5.91 Å². The van der Waals surface area contributed by atoms with Crippen LogP contribution in [0.25, 0.3) is 0 Å². The lowest BCUT2D eigenvalue weighted by Gasteiger charge is -2.25. The highest BCUT2D eigenvalue weighted by Gasteiger charge is 2.31. The number of carbonyl (C=O) groups excluding carboxylic acids is 1. The minimum atomic E-state index is -0.596. The number of rotatable bonds is 6. The molecule has 6 nitrogen and oxygen atoms in total. The summed E-state index contributed by atoms with van der Waals surface area (Å²) < 4.78 is 15.0. The Kier molecular flexibility index (Phi) is 5.11. The van der Waals surface area contributed by atoms with Crippen LogP contribution in [0.2, 0.25) is 0 Å². The van der Waals surface area contributed by atoms with Crippen LogP contribution in [0.4, 0.5) is 4.39 Å². The molecule has 1 amide bonds. The number of tetrazole rings is 1. The summed E-state index contributed by atoms with van der Waals surface area (Å²) in [6.07, 6.45) is 5.03. The molecular weight excluding hydrogens is 321 g/mol. The lowest BCUT2D eigenvalue weighted by atomic mass is 9.89. The van der Waals surface area contributed by atoms with E-state index >= 15 is 0 Å². The summed E-state index contributed by atoms with van der Waals surface area (Å²) in [5.41, 5.74) is 0.900. The number of nitrogens with zero attached hydrogens (tertiary/aromatic N) is 4. The van der Waals surface area contributed by atoms with Crippen LogP contribution in [0.3, 0.4) is 0 Å². The Bertz CT molecular complexity index is 739. The molecule has 1 fully saturated rings. The van der Waals surface area contributed by atoms with Gasteiger partial charge in [-0.2, -0.15) is 0 Å².